The molecule has 0 radical (unpaired) electrons. The second-order valence-corrected chi connectivity index (χ2v) is 1.82. The molecule has 0 unspecified atom stereocenters. The Morgan fingerprint density at radius 2 is 2.60 bits per heavy atom. The van der Waals surface area contributed by atoms with Crippen LogP contribution in [-0.4, -0.2) is 11.1 Å². The highest BCUT2D eigenvalue weighted by Gasteiger charge is 2.00. The van der Waals surface area contributed by atoms with Gasteiger partial charge in [0, 0.05) is 12.5 Å². The van der Waals surface area contributed by atoms with E-state index in [1.807, 2.05) is 6.92 Å². The summed E-state index contributed by atoms with van der Waals surface area (Å²) in [4.78, 5) is 10.1. The Labute approximate surface area is 57.4 Å². The summed E-state index contributed by atoms with van der Waals surface area (Å²) in [5.74, 6) is -0.748. The number of aromatic carboxylic acids is 1. The number of aryl methyl sites for hydroxylation is 1. The van der Waals surface area contributed by atoms with E-state index in [0.717, 1.165) is 0 Å². The summed E-state index contributed by atoms with van der Waals surface area (Å²) in [7, 11) is 0. The Morgan fingerprint density at radius 3 is 2.90 bits per heavy atom. The van der Waals surface area contributed by atoms with Crippen LogP contribution in [0.3, 0.4) is 0 Å². The number of aromatic nitrogens is 1. The quantitative estimate of drug-likeness (QED) is 0.560. The number of rotatable bonds is 2. The molecule has 0 fully saturated rings. The van der Waals surface area contributed by atoms with Crippen molar-refractivity contribution in [1.29, 1.82) is 0 Å². The molecule has 0 amide bonds. The van der Waals surface area contributed by atoms with Gasteiger partial charge in [0.25, 0.3) is 0 Å². The molecule has 0 aliphatic heterocycles. The molecule has 0 aliphatic rings. The lowest BCUT2D eigenvalue weighted by Gasteiger charge is -1.89. The Kier molecular flexibility index (Phi) is 1.71. The molecule has 0 saturated heterocycles. The molecule has 1 heterocycles. The molecule has 0 atom stereocenters. The zero-order valence-electron chi connectivity index (χ0n) is 5.46. The molecule has 54 valence electrons. The van der Waals surface area contributed by atoms with E-state index in [-0.39, 0.29) is 5.69 Å². The maximum atomic E-state index is 10.1. The van der Waals surface area contributed by atoms with Crippen LogP contribution < -0.4 is 5.11 Å². The predicted molar refractivity (Wildman–Crippen MR) is 30.2 cm³/mol. The fourth-order valence-corrected chi connectivity index (χ4v) is 0.576. The summed E-state index contributed by atoms with van der Waals surface area (Å²) in [6, 6.07) is 1.36. The standard InChI is InChI=1S/C6H7NO3/c1-2-4-3-5(6(8)9)7-10-4/h3H,2H2,1H3,(H,8,9)/p-1. The monoisotopic (exact) mass is 140 g/mol. The van der Waals surface area contributed by atoms with Crippen molar-refractivity contribution < 1.29 is 14.4 Å². The minimum Gasteiger partial charge on any atom is -0.543 e. The minimum absolute atomic E-state index is 0.142. The molecule has 10 heavy (non-hydrogen) atoms. The van der Waals surface area contributed by atoms with Crippen molar-refractivity contribution in [1.82, 2.24) is 5.16 Å². The van der Waals surface area contributed by atoms with Crippen molar-refractivity contribution in [2.45, 2.75) is 13.3 Å². The third kappa shape index (κ3) is 1.15. The number of carboxylic acids is 1. The highest BCUT2D eigenvalue weighted by Crippen LogP contribution is 2.01. The molecule has 0 spiro atoms. The van der Waals surface area contributed by atoms with Crippen molar-refractivity contribution in [3.63, 3.8) is 0 Å². The molecule has 1 rings (SSSR count). The van der Waals surface area contributed by atoms with Gasteiger partial charge < -0.3 is 14.4 Å². The molecule has 0 bridgehead atoms. The Hall–Kier alpha value is -1.32. The predicted octanol–water partition coefficient (Wildman–Crippen LogP) is -0.400. The summed E-state index contributed by atoms with van der Waals surface area (Å²) < 4.78 is 4.60. The first kappa shape index (κ1) is 6.80. The number of carbonyl (C=O) groups is 1. The van der Waals surface area contributed by atoms with Gasteiger partial charge in [0.05, 0.1) is 5.97 Å². The van der Waals surface area contributed by atoms with Crippen molar-refractivity contribution >= 4 is 5.97 Å². The molecule has 1 aromatic rings. The van der Waals surface area contributed by atoms with Crippen molar-refractivity contribution in [3.8, 4) is 0 Å². The van der Waals surface area contributed by atoms with Gasteiger partial charge in [-0.15, -0.1) is 0 Å². The largest absolute Gasteiger partial charge is 0.543 e. The highest BCUT2D eigenvalue weighted by molar-refractivity contribution is 5.83. The van der Waals surface area contributed by atoms with Crippen LogP contribution in [0, 0.1) is 0 Å². The van der Waals surface area contributed by atoms with Crippen LogP contribution in [0.4, 0.5) is 0 Å². The van der Waals surface area contributed by atoms with Gasteiger partial charge in [0.2, 0.25) is 0 Å². The molecule has 4 nitrogen and oxygen atoms in total. The second-order valence-electron chi connectivity index (χ2n) is 1.82. The van der Waals surface area contributed by atoms with Gasteiger partial charge in [-0.05, 0) is 0 Å². The van der Waals surface area contributed by atoms with E-state index in [4.69, 9.17) is 0 Å². The van der Waals surface area contributed by atoms with Gasteiger partial charge >= 0.3 is 0 Å². The number of hydrogen-bond acceptors (Lipinski definition) is 4. The van der Waals surface area contributed by atoms with Gasteiger partial charge in [-0.2, -0.15) is 0 Å². The first-order valence-corrected chi connectivity index (χ1v) is 2.91. The molecule has 0 aromatic carbocycles. The van der Waals surface area contributed by atoms with Gasteiger partial charge in [-0.3, -0.25) is 0 Å². The van der Waals surface area contributed by atoms with Crippen molar-refractivity contribution in [2.24, 2.45) is 0 Å². The number of hydrogen-bond donors (Lipinski definition) is 0. The minimum atomic E-state index is -1.30. The van der Waals surface area contributed by atoms with Gasteiger partial charge in [0.1, 0.15) is 11.5 Å². The first-order chi connectivity index (χ1) is 4.74. The summed E-state index contributed by atoms with van der Waals surface area (Å²) in [6.07, 6.45) is 0.639. The molecule has 0 saturated carbocycles. The van der Waals surface area contributed by atoms with Crippen molar-refractivity contribution in [2.75, 3.05) is 0 Å². The lowest BCUT2D eigenvalue weighted by molar-refractivity contribution is -0.255. The maximum Gasteiger partial charge on any atom is 0.137 e. The Balaban J connectivity index is 2.88. The van der Waals surface area contributed by atoms with E-state index in [9.17, 15) is 9.90 Å². The second kappa shape index (κ2) is 2.51. The number of nitrogens with zero attached hydrogens (tertiary/aromatic N) is 1. The van der Waals surface area contributed by atoms with Gasteiger partial charge in [0.15, 0.2) is 0 Å². The molecular formula is C6H6NO3-. The highest BCUT2D eigenvalue weighted by atomic mass is 16.5. The average Bonchev–Trinajstić information content (AvgIpc) is 2.34. The summed E-state index contributed by atoms with van der Waals surface area (Å²) in [5.41, 5.74) is -0.142. The number of carboxylic acid groups (broad SMARTS) is 1. The van der Waals surface area contributed by atoms with Crippen LogP contribution in [-0.2, 0) is 6.42 Å². The summed E-state index contributed by atoms with van der Waals surface area (Å²) >= 11 is 0. The maximum absolute atomic E-state index is 10.1. The van der Waals surface area contributed by atoms with Crippen molar-refractivity contribution in [3.05, 3.63) is 17.5 Å². The van der Waals surface area contributed by atoms with Crippen LogP contribution in [0.1, 0.15) is 23.2 Å². The van der Waals surface area contributed by atoms with Crippen LogP contribution in [0.15, 0.2) is 10.6 Å². The molecule has 4 heteroatoms. The van der Waals surface area contributed by atoms with E-state index in [2.05, 4.69) is 9.68 Å². The van der Waals surface area contributed by atoms with E-state index in [1.165, 1.54) is 6.07 Å². The first-order valence-electron chi connectivity index (χ1n) is 2.91. The molecule has 0 aliphatic carbocycles. The van der Waals surface area contributed by atoms with Crippen LogP contribution >= 0.6 is 0 Å². The van der Waals surface area contributed by atoms with Crippen LogP contribution in [0.25, 0.3) is 0 Å². The number of carbonyl (C=O) groups excluding carboxylic acids is 1. The molecule has 0 N–H and O–H groups in total. The molecular weight excluding hydrogens is 134 g/mol. The SMILES string of the molecule is CCc1cc(C(=O)[O-])no1. The zero-order chi connectivity index (χ0) is 7.56. The topological polar surface area (TPSA) is 66.2 Å². The van der Waals surface area contributed by atoms with E-state index in [0.29, 0.717) is 12.2 Å². The fourth-order valence-electron chi connectivity index (χ4n) is 0.576. The third-order valence-corrected chi connectivity index (χ3v) is 1.12. The van der Waals surface area contributed by atoms with Gasteiger partial charge in [-0.1, -0.05) is 12.1 Å². The normalized spacial score (nSPS) is 9.70. The van der Waals surface area contributed by atoms with Crippen LogP contribution in [0.5, 0.6) is 0 Å². The summed E-state index contributed by atoms with van der Waals surface area (Å²) in [6.45, 7) is 1.85. The Morgan fingerprint density at radius 1 is 1.90 bits per heavy atom. The lowest BCUT2D eigenvalue weighted by atomic mass is 10.3. The van der Waals surface area contributed by atoms with E-state index in [1.54, 1.807) is 0 Å². The zero-order valence-corrected chi connectivity index (χ0v) is 5.46. The molecule has 1 aromatic heterocycles. The average molecular weight is 140 g/mol. The van der Waals surface area contributed by atoms with E-state index < -0.39 is 5.97 Å². The smallest absolute Gasteiger partial charge is 0.137 e. The van der Waals surface area contributed by atoms with E-state index >= 15 is 0 Å². The third-order valence-electron chi connectivity index (χ3n) is 1.12. The fraction of sp³-hybridized carbons (Fsp3) is 0.333. The Bertz CT molecular complexity index is 241. The van der Waals surface area contributed by atoms with Crippen LogP contribution in [0.2, 0.25) is 0 Å². The lowest BCUT2D eigenvalue weighted by Crippen LogP contribution is -2.22. The summed E-state index contributed by atoms with van der Waals surface area (Å²) in [5, 5.41) is 13.3. The van der Waals surface area contributed by atoms with Gasteiger partial charge in [-0.25, -0.2) is 0 Å².